The van der Waals surface area contributed by atoms with Gasteiger partial charge in [-0.1, -0.05) is 18.2 Å². The van der Waals surface area contributed by atoms with Crippen LogP contribution < -0.4 is 5.32 Å². The van der Waals surface area contributed by atoms with E-state index in [2.05, 4.69) is 15.0 Å². The van der Waals surface area contributed by atoms with Gasteiger partial charge in [0.1, 0.15) is 17.2 Å². The van der Waals surface area contributed by atoms with Crippen molar-refractivity contribution in [2.24, 2.45) is 0 Å². The fraction of sp³-hybridized carbons (Fsp3) is 0.235. The monoisotopic (exact) mass is 314 g/mol. The molecule has 1 aromatic heterocycles. The average molecular weight is 314 g/mol. The summed E-state index contributed by atoms with van der Waals surface area (Å²) >= 11 is 0. The van der Waals surface area contributed by atoms with E-state index >= 15 is 0 Å². The van der Waals surface area contributed by atoms with E-state index in [1.54, 1.807) is 12.1 Å². The quantitative estimate of drug-likeness (QED) is 0.879. The molecule has 1 saturated carbocycles. The summed E-state index contributed by atoms with van der Waals surface area (Å²) in [6.45, 7) is 0. The molecule has 1 aromatic carbocycles. The molecule has 1 fully saturated rings. The van der Waals surface area contributed by atoms with Crippen LogP contribution in [0.4, 0.5) is 4.39 Å². The van der Waals surface area contributed by atoms with Gasteiger partial charge in [0.05, 0.1) is 7.11 Å². The van der Waals surface area contributed by atoms with Crippen LogP contribution in [0.3, 0.4) is 0 Å². The van der Waals surface area contributed by atoms with Crippen molar-refractivity contribution in [2.45, 2.75) is 18.4 Å². The summed E-state index contributed by atoms with van der Waals surface area (Å²) in [5.41, 5.74) is 1.10. The number of amides is 1. The minimum atomic E-state index is -0.594. The highest BCUT2D eigenvalue weighted by molar-refractivity contribution is 5.94. The van der Waals surface area contributed by atoms with Crippen LogP contribution >= 0.6 is 0 Å². The van der Waals surface area contributed by atoms with Crippen molar-refractivity contribution in [3.8, 4) is 0 Å². The van der Waals surface area contributed by atoms with Crippen molar-refractivity contribution in [3.63, 3.8) is 0 Å². The van der Waals surface area contributed by atoms with Gasteiger partial charge in [-0.05, 0) is 36.2 Å². The van der Waals surface area contributed by atoms with Crippen molar-refractivity contribution in [2.75, 3.05) is 7.11 Å². The van der Waals surface area contributed by atoms with Crippen LogP contribution in [-0.2, 0) is 4.74 Å². The van der Waals surface area contributed by atoms with Crippen molar-refractivity contribution in [1.29, 1.82) is 0 Å². The van der Waals surface area contributed by atoms with Crippen molar-refractivity contribution >= 4 is 11.9 Å². The van der Waals surface area contributed by atoms with Gasteiger partial charge in [-0.3, -0.25) is 4.79 Å². The first kappa shape index (κ1) is 15.1. The van der Waals surface area contributed by atoms with E-state index in [1.807, 2.05) is 6.07 Å². The molecule has 0 radical (unpaired) electrons. The number of ether oxygens (including phenoxy) is 1. The number of hydrogen-bond donors (Lipinski definition) is 1. The molecule has 6 heteroatoms. The van der Waals surface area contributed by atoms with E-state index in [4.69, 9.17) is 0 Å². The van der Waals surface area contributed by atoms with Crippen LogP contribution in [-0.4, -0.2) is 30.0 Å². The Kier molecular flexibility index (Phi) is 4.06. The molecular weight excluding hydrogens is 299 g/mol. The summed E-state index contributed by atoms with van der Waals surface area (Å²) < 4.78 is 17.8. The zero-order valence-corrected chi connectivity index (χ0v) is 12.5. The predicted molar refractivity (Wildman–Crippen MR) is 80.6 cm³/mol. The minimum absolute atomic E-state index is 0.0483. The standard InChI is InChI=1S/C17H15FN2O3/c1-23-17(22)14-7-3-6-13(19-14)16(21)20-15-9-12(15)10-4-2-5-11(18)8-10/h2-8,12,15H,9H2,1H3,(H,20,21)/t12-,15-/m0/s1. The maximum Gasteiger partial charge on any atom is 0.356 e. The number of benzene rings is 1. The maximum atomic E-state index is 13.2. The summed E-state index contributed by atoms with van der Waals surface area (Å²) in [7, 11) is 1.25. The van der Waals surface area contributed by atoms with E-state index < -0.39 is 5.97 Å². The van der Waals surface area contributed by atoms with Crippen LogP contribution in [0.5, 0.6) is 0 Å². The zero-order chi connectivity index (χ0) is 16.4. The van der Waals surface area contributed by atoms with E-state index in [1.165, 1.54) is 31.4 Å². The molecule has 0 saturated heterocycles. The number of esters is 1. The van der Waals surface area contributed by atoms with Gasteiger partial charge < -0.3 is 10.1 Å². The molecule has 5 nitrogen and oxygen atoms in total. The van der Waals surface area contributed by atoms with Crippen LogP contribution in [0, 0.1) is 5.82 Å². The number of carbonyl (C=O) groups excluding carboxylic acids is 2. The van der Waals surface area contributed by atoms with Crippen LogP contribution in [0.1, 0.15) is 38.9 Å². The lowest BCUT2D eigenvalue weighted by atomic mass is 10.1. The fourth-order valence-electron chi connectivity index (χ4n) is 2.48. The SMILES string of the molecule is COC(=O)c1cccc(C(=O)N[C@H]2C[C@H]2c2cccc(F)c2)n1. The summed E-state index contributed by atoms with van der Waals surface area (Å²) in [4.78, 5) is 27.6. The fourth-order valence-corrected chi connectivity index (χ4v) is 2.48. The van der Waals surface area contributed by atoms with Gasteiger partial charge in [-0.15, -0.1) is 0 Å². The lowest BCUT2D eigenvalue weighted by Crippen LogP contribution is -2.28. The predicted octanol–water partition coefficient (Wildman–Crippen LogP) is 2.29. The van der Waals surface area contributed by atoms with E-state index in [0.29, 0.717) is 0 Å². The molecule has 0 unspecified atom stereocenters. The molecule has 1 N–H and O–H groups in total. The van der Waals surface area contributed by atoms with E-state index in [0.717, 1.165) is 12.0 Å². The maximum absolute atomic E-state index is 13.2. The summed E-state index contributed by atoms with van der Waals surface area (Å²) in [5.74, 6) is -1.13. The van der Waals surface area contributed by atoms with E-state index in [-0.39, 0.29) is 35.1 Å². The number of nitrogens with one attached hydrogen (secondary N) is 1. The Balaban J connectivity index is 1.66. The van der Waals surface area contributed by atoms with E-state index in [9.17, 15) is 14.0 Å². The number of rotatable bonds is 4. The minimum Gasteiger partial charge on any atom is -0.464 e. The van der Waals surface area contributed by atoms with Gasteiger partial charge in [0.2, 0.25) is 0 Å². The molecule has 2 aromatic rings. The summed E-state index contributed by atoms with van der Waals surface area (Å²) in [6, 6.07) is 10.9. The second-order valence-electron chi connectivity index (χ2n) is 5.38. The first-order chi connectivity index (χ1) is 11.1. The first-order valence-electron chi connectivity index (χ1n) is 7.20. The topological polar surface area (TPSA) is 68.3 Å². The number of methoxy groups -OCH3 is 1. The van der Waals surface area contributed by atoms with Crippen LogP contribution in [0.15, 0.2) is 42.5 Å². The molecule has 23 heavy (non-hydrogen) atoms. The molecule has 0 aliphatic heterocycles. The zero-order valence-electron chi connectivity index (χ0n) is 12.5. The normalized spacial score (nSPS) is 19.0. The molecule has 1 heterocycles. The van der Waals surface area contributed by atoms with Crippen LogP contribution in [0.2, 0.25) is 0 Å². The molecular formula is C17H15FN2O3. The number of nitrogens with zero attached hydrogens (tertiary/aromatic N) is 1. The highest BCUT2D eigenvalue weighted by atomic mass is 19.1. The second-order valence-corrected chi connectivity index (χ2v) is 5.38. The third kappa shape index (κ3) is 3.36. The molecule has 1 aliphatic carbocycles. The molecule has 3 rings (SSSR count). The Morgan fingerprint density at radius 1 is 1.22 bits per heavy atom. The van der Waals surface area contributed by atoms with Crippen LogP contribution in [0.25, 0.3) is 0 Å². The largest absolute Gasteiger partial charge is 0.464 e. The van der Waals surface area contributed by atoms with Crippen molar-refractivity contribution in [3.05, 3.63) is 65.2 Å². The summed E-state index contributed by atoms with van der Waals surface area (Å²) in [5, 5.41) is 2.85. The first-order valence-corrected chi connectivity index (χ1v) is 7.20. The van der Waals surface area contributed by atoms with Gasteiger partial charge in [-0.25, -0.2) is 14.2 Å². The highest BCUT2D eigenvalue weighted by Gasteiger charge is 2.39. The Labute approximate surface area is 132 Å². The number of aromatic nitrogens is 1. The lowest BCUT2D eigenvalue weighted by Gasteiger charge is -2.06. The molecule has 118 valence electrons. The Bertz CT molecular complexity index is 763. The number of pyridine rings is 1. The van der Waals surface area contributed by atoms with Gasteiger partial charge in [-0.2, -0.15) is 0 Å². The number of hydrogen-bond acceptors (Lipinski definition) is 4. The Morgan fingerprint density at radius 2 is 1.96 bits per heavy atom. The number of halogens is 1. The number of carbonyl (C=O) groups is 2. The summed E-state index contributed by atoms with van der Waals surface area (Å²) in [6.07, 6.45) is 0.756. The van der Waals surface area contributed by atoms with Crippen molar-refractivity contribution in [1.82, 2.24) is 10.3 Å². The molecule has 2 atom stereocenters. The second kappa shape index (κ2) is 6.16. The Morgan fingerprint density at radius 3 is 2.70 bits per heavy atom. The third-order valence-corrected chi connectivity index (χ3v) is 3.76. The molecule has 0 spiro atoms. The average Bonchev–Trinajstić information content (AvgIpc) is 3.33. The molecule has 1 amide bonds. The highest BCUT2D eigenvalue weighted by Crippen LogP contribution is 2.40. The lowest BCUT2D eigenvalue weighted by molar-refractivity contribution is 0.0594. The van der Waals surface area contributed by atoms with Crippen molar-refractivity contribution < 1.29 is 18.7 Å². The van der Waals surface area contributed by atoms with Gasteiger partial charge >= 0.3 is 5.97 Å². The third-order valence-electron chi connectivity index (χ3n) is 3.76. The van der Waals surface area contributed by atoms with Gasteiger partial charge in [0.15, 0.2) is 0 Å². The van der Waals surface area contributed by atoms with Gasteiger partial charge in [0.25, 0.3) is 5.91 Å². The van der Waals surface area contributed by atoms with Gasteiger partial charge in [0, 0.05) is 12.0 Å². The molecule has 1 aliphatic rings. The Hall–Kier alpha value is -2.76. The molecule has 0 bridgehead atoms. The smallest absolute Gasteiger partial charge is 0.356 e.